The van der Waals surface area contributed by atoms with Gasteiger partial charge in [0.2, 0.25) is 0 Å². The van der Waals surface area contributed by atoms with Gasteiger partial charge in [0.25, 0.3) is 5.91 Å². The molecular formula is C24H19ClN2O. The van der Waals surface area contributed by atoms with E-state index in [1.54, 1.807) is 18.3 Å². The highest BCUT2D eigenvalue weighted by Crippen LogP contribution is 2.29. The lowest BCUT2D eigenvalue weighted by Crippen LogP contribution is -2.16. The lowest BCUT2D eigenvalue weighted by atomic mass is 9.95. The van der Waals surface area contributed by atoms with Gasteiger partial charge in [-0.25, -0.2) is 0 Å². The minimum Gasteiger partial charge on any atom is -0.320 e. The Hall–Kier alpha value is -3.17. The largest absolute Gasteiger partial charge is 0.320 e. The first-order valence-corrected chi connectivity index (χ1v) is 9.48. The number of hydrogen-bond donors (Lipinski definition) is 1. The minimum absolute atomic E-state index is 0.140. The van der Waals surface area contributed by atoms with Crippen LogP contribution in [-0.4, -0.2) is 10.9 Å². The molecule has 1 N–H and O–H groups in total. The van der Waals surface area contributed by atoms with Crippen LogP contribution in [0.5, 0.6) is 0 Å². The molecule has 0 aliphatic carbocycles. The number of carbonyl (C=O) groups is 1. The molecule has 4 rings (SSSR count). The fraction of sp³-hybridized carbons (Fsp3) is 0.0833. The minimum atomic E-state index is -0.140. The maximum atomic E-state index is 13.2. The molecule has 3 aromatic carbocycles. The van der Waals surface area contributed by atoms with Crippen molar-refractivity contribution in [3.8, 4) is 0 Å². The Balaban J connectivity index is 1.71. The SMILES string of the molecule is Cc1cccc(Cc2ccccc2)c1C(=O)Nc1ccc(Cl)c2cccnc12. The Morgan fingerprint density at radius 1 is 0.964 bits per heavy atom. The van der Waals surface area contributed by atoms with E-state index in [0.29, 0.717) is 28.2 Å². The molecule has 0 radical (unpaired) electrons. The first-order valence-electron chi connectivity index (χ1n) is 9.10. The van der Waals surface area contributed by atoms with Gasteiger partial charge in [-0.3, -0.25) is 9.78 Å². The number of nitrogens with zero attached hydrogens (tertiary/aromatic N) is 1. The molecule has 4 aromatic rings. The van der Waals surface area contributed by atoms with Crippen molar-refractivity contribution in [1.82, 2.24) is 4.98 Å². The van der Waals surface area contributed by atoms with Gasteiger partial charge in [-0.1, -0.05) is 60.1 Å². The highest BCUT2D eigenvalue weighted by Gasteiger charge is 2.16. The van der Waals surface area contributed by atoms with E-state index >= 15 is 0 Å². The topological polar surface area (TPSA) is 42.0 Å². The van der Waals surface area contributed by atoms with Crippen LogP contribution in [0.3, 0.4) is 0 Å². The van der Waals surface area contributed by atoms with E-state index in [9.17, 15) is 4.79 Å². The number of benzene rings is 3. The third kappa shape index (κ3) is 3.62. The summed E-state index contributed by atoms with van der Waals surface area (Å²) in [5.41, 5.74) is 5.14. The van der Waals surface area contributed by atoms with Crippen LogP contribution in [-0.2, 0) is 6.42 Å². The van der Waals surface area contributed by atoms with Gasteiger partial charge in [0, 0.05) is 17.1 Å². The number of fused-ring (bicyclic) bond motifs is 1. The monoisotopic (exact) mass is 386 g/mol. The molecule has 1 amide bonds. The quantitative estimate of drug-likeness (QED) is 0.464. The number of pyridine rings is 1. The summed E-state index contributed by atoms with van der Waals surface area (Å²) in [5, 5.41) is 4.46. The van der Waals surface area contributed by atoms with Gasteiger partial charge in [0.1, 0.15) is 0 Å². The van der Waals surface area contributed by atoms with Gasteiger partial charge in [-0.2, -0.15) is 0 Å². The third-order valence-electron chi connectivity index (χ3n) is 4.79. The molecule has 0 unspecified atom stereocenters. The Morgan fingerprint density at radius 3 is 2.61 bits per heavy atom. The summed E-state index contributed by atoms with van der Waals surface area (Å²) in [6, 6.07) is 23.4. The zero-order valence-corrected chi connectivity index (χ0v) is 16.2. The summed E-state index contributed by atoms with van der Waals surface area (Å²) in [6.45, 7) is 1.96. The highest BCUT2D eigenvalue weighted by atomic mass is 35.5. The second kappa shape index (κ2) is 7.83. The number of aryl methyl sites for hydroxylation is 1. The predicted octanol–water partition coefficient (Wildman–Crippen LogP) is 6.04. The summed E-state index contributed by atoms with van der Waals surface area (Å²) in [7, 11) is 0. The normalized spacial score (nSPS) is 10.8. The second-order valence-corrected chi connectivity index (χ2v) is 7.13. The highest BCUT2D eigenvalue weighted by molar-refractivity contribution is 6.36. The van der Waals surface area contributed by atoms with E-state index in [1.165, 1.54) is 5.56 Å². The molecule has 0 spiro atoms. The van der Waals surface area contributed by atoms with Crippen LogP contribution in [0.4, 0.5) is 5.69 Å². The molecular weight excluding hydrogens is 368 g/mol. The summed E-state index contributed by atoms with van der Waals surface area (Å²) < 4.78 is 0. The lowest BCUT2D eigenvalue weighted by Gasteiger charge is -2.14. The van der Waals surface area contributed by atoms with E-state index in [0.717, 1.165) is 16.5 Å². The van der Waals surface area contributed by atoms with Gasteiger partial charge in [0.15, 0.2) is 0 Å². The fourth-order valence-electron chi connectivity index (χ4n) is 3.44. The van der Waals surface area contributed by atoms with Gasteiger partial charge >= 0.3 is 0 Å². The van der Waals surface area contributed by atoms with Gasteiger partial charge in [-0.05, 0) is 54.3 Å². The number of rotatable bonds is 4. The van der Waals surface area contributed by atoms with Crippen LogP contribution in [0.2, 0.25) is 5.02 Å². The molecule has 4 heteroatoms. The summed E-state index contributed by atoms with van der Waals surface area (Å²) in [4.78, 5) is 17.6. The number of hydrogen-bond acceptors (Lipinski definition) is 2. The number of aromatic nitrogens is 1. The Morgan fingerprint density at radius 2 is 1.79 bits per heavy atom. The zero-order chi connectivity index (χ0) is 19.5. The van der Waals surface area contributed by atoms with Crippen LogP contribution >= 0.6 is 11.6 Å². The van der Waals surface area contributed by atoms with Crippen molar-refractivity contribution >= 4 is 34.1 Å². The zero-order valence-electron chi connectivity index (χ0n) is 15.4. The van der Waals surface area contributed by atoms with Crippen molar-refractivity contribution in [1.29, 1.82) is 0 Å². The third-order valence-corrected chi connectivity index (χ3v) is 5.12. The molecule has 0 saturated carbocycles. The van der Waals surface area contributed by atoms with E-state index < -0.39 is 0 Å². The van der Waals surface area contributed by atoms with Crippen molar-refractivity contribution in [2.45, 2.75) is 13.3 Å². The summed E-state index contributed by atoms with van der Waals surface area (Å²) in [5.74, 6) is -0.140. The second-order valence-electron chi connectivity index (χ2n) is 6.72. The number of nitrogens with one attached hydrogen (secondary N) is 1. The Bertz CT molecular complexity index is 1160. The molecule has 0 saturated heterocycles. The first-order chi connectivity index (χ1) is 13.6. The standard InChI is InChI=1S/C24H19ClN2O/c1-16-7-5-10-18(15-17-8-3-2-4-9-17)22(16)24(28)27-21-13-12-20(25)19-11-6-14-26-23(19)21/h2-14H,15H2,1H3,(H,27,28). The number of amides is 1. The lowest BCUT2D eigenvalue weighted by molar-refractivity contribution is 0.102. The summed E-state index contributed by atoms with van der Waals surface area (Å²) >= 11 is 6.27. The molecule has 0 bridgehead atoms. The van der Waals surface area contributed by atoms with Crippen molar-refractivity contribution in [3.05, 3.63) is 106 Å². The smallest absolute Gasteiger partial charge is 0.256 e. The Kier molecular flexibility index (Phi) is 5.09. The van der Waals surface area contributed by atoms with Gasteiger partial charge in [-0.15, -0.1) is 0 Å². The first kappa shape index (κ1) is 18.2. The molecule has 138 valence electrons. The van der Waals surface area contributed by atoms with Crippen LogP contribution in [0.15, 0.2) is 79.0 Å². The average molecular weight is 387 g/mol. The molecule has 0 fully saturated rings. The maximum Gasteiger partial charge on any atom is 0.256 e. The van der Waals surface area contributed by atoms with Crippen molar-refractivity contribution < 1.29 is 4.79 Å². The fourth-order valence-corrected chi connectivity index (χ4v) is 3.66. The molecule has 3 nitrogen and oxygen atoms in total. The van der Waals surface area contributed by atoms with E-state index in [2.05, 4.69) is 22.4 Å². The van der Waals surface area contributed by atoms with E-state index in [4.69, 9.17) is 11.6 Å². The van der Waals surface area contributed by atoms with Crippen LogP contribution < -0.4 is 5.32 Å². The molecule has 0 aliphatic heterocycles. The van der Waals surface area contributed by atoms with Crippen molar-refractivity contribution in [2.24, 2.45) is 0 Å². The number of anilines is 1. The van der Waals surface area contributed by atoms with Gasteiger partial charge in [0.05, 0.1) is 16.2 Å². The Labute approximate surface area is 169 Å². The average Bonchev–Trinajstić information content (AvgIpc) is 2.71. The molecule has 28 heavy (non-hydrogen) atoms. The number of carbonyl (C=O) groups excluding carboxylic acids is 1. The van der Waals surface area contributed by atoms with Crippen LogP contribution in [0, 0.1) is 6.92 Å². The maximum absolute atomic E-state index is 13.2. The van der Waals surface area contributed by atoms with E-state index in [1.807, 2.05) is 55.5 Å². The molecule has 1 aromatic heterocycles. The molecule has 0 aliphatic rings. The summed E-state index contributed by atoms with van der Waals surface area (Å²) in [6.07, 6.45) is 2.40. The van der Waals surface area contributed by atoms with Crippen LogP contribution in [0.25, 0.3) is 10.9 Å². The van der Waals surface area contributed by atoms with Crippen molar-refractivity contribution in [3.63, 3.8) is 0 Å². The number of halogens is 1. The predicted molar refractivity (Wildman–Crippen MR) is 115 cm³/mol. The van der Waals surface area contributed by atoms with Crippen LogP contribution in [0.1, 0.15) is 27.0 Å². The van der Waals surface area contributed by atoms with Crippen molar-refractivity contribution in [2.75, 3.05) is 5.32 Å². The molecule has 0 atom stereocenters. The van der Waals surface area contributed by atoms with Gasteiger partial charge < -0.3 is 5.32 Å². The van der Waals surface area contributed by atoms with E-state index in [-0.39, 0.29) is 5.91 Å². The molecule has 1 heterocycles.